The van der Waals surface area contributed by atoms with Crippen molar-refractivity contribution in [2.45, 2.75) is 30.7 Å². The van der Waals surface area contributed by atoms with Gasteiger partial charge in [0.25, 0.3) is 5.69 Å². The molecule has 0 spiro atoms. The van der Waals surface area contributed by atoms with Crippen LogP contribution in [0, 0.1) is 16.0 Å². The summed E-state index contributed by atoms with van der Waals surface area (Å²) in [5, 5.41) is 11.4. The first-order valence-corrected chi connectivity index (χ1v) is 9.10. The second kappa shape index (κ2) is 6.21. The lowest BCUT2D eigenvalue weighted by Gasteiger charge is -2.40. The van der Waals surface area contributed by atoms with Crippen LogP contribution < -0.4 is 10.6 Å². The van der Waals surface area contributed by atoms with Crippen LogP contribution in [0.4, 0.5) is 11.4 Å². The molecule has 22 heavy (non-hydrogen) atoms. The average molecular weight is 327 g/mol. The molecule has 1 aromatic carbocycles. The van der Waals surface area contributed by atoms with E-state index in [0.29, 0.717) is 24.7 Å². The first kappa shape index (κ1) is 16.7. The van der Waals surface area contributed by atoms with Crippen LogP contribution in [0.5, 0.6) is 0 Å². The van der Waals surface area contributed by atoms with Crippen LogP contribution in [-0.4, -0.2) is 38.7 Å². The number of sulfone groups is 1. The van der Waals surface area contributed by atoms with Crippen molar-refractivity contribution in [2.75, 3.05) is 24.2 Å². The van der Waals surface area contributed by atoms with Crippen molar-refractivity contribution in [3.05, 3.63) is 28.3 Å². The Kier molecular flexibility index (Phi) is 4.72. The van der Waals surface area contributed by atoms with Gasteiger partial charge >= 0.3 is 0 Å². The number of nitro benzene ring substituents is 1. The van der Waals surface area contributed by atoms with E-state index < -0.39 is 14.8 Å². The van der Waals surface area contributed by atoms with E-state index in [2.05, 4.69) is 6.92 Å². The summed E-state index contributed by atoms with van der Waals surface area (Å²) in [5.74, 6) is 0.341. The van der Waals surface area contributed by atoms with Gasteiger partial charge in [0.05, 0.1) is 9.82 Å². The summed E-state index contributed by atoms with van der Waals surface area (Å²) in [6.07, 6.45) is 3.01. The number of benzene rings is 1. The van der Waals surface area contributed by atoms with Gasteiger partial charge in [-0.15, -0.1) is 0 Å². The van der Waals surface area contributed by atoms with Crippen molar-refractivity contribution < 1.29 is 13.3 Å². The minimum absolute atomic E-state index is 0.0246. The summed E-state index contributed by atoms with van der Waals surface area (Å²) < 4.78 is 23.2. The van der Waals surface area contributed by atoms with Crippen molar-refractivity contribution in [1.82, 2.24) is 0 Å². The molecule has 1 heterocycles. The first-order chi connectivity index (χ1) is 10.3. The second-order valence-electron chi connectivity index (χ2n) is 5.80. The fourth-order valence-electron chi connectivity index (χ4n) is 3.03. The molecule has 1 aromatic rings. The molecule has 2 N–H and O–H groups in total. The van der Waals surface area contributed by atoms with E-state index >= 15 is 0 Å². The van der Waals surface area contributed by atoms with E-state index in [1.54, 1.807) is 0 Å². The lowest BCUT2D eigenvalue weighted by molar-refractivity contribution is -0.384. The monoisotopic (exact) mass is 327 g/mol. The SMILES string of the molecule is CC1CCCN(c2ccc(S(C)(=O)=O)cc2[N+](=O)[O-])C1CN. The molecule has 2 rings (SSSR count). The maximum Gasteiger partial charge on any atom is 0.293 e. The summed E-state index contributed by atoms with van der Waals surface area (Å²) in [6.45, 7) is 3.18. The number of hydrogen-bond donors (Lipinski definition) is 1. The molecule has 1 fully saturated rings. The maximum absolute atomic E-state index is 11.6. The van der Waals surface area contributed by atoms with E-state index in [1.807, 2.05) is 4.90 Å². The zero-order valence-corrected chi connectivity index (χ0v) is 13.5. The quantitative estimate of drug-likeness (QED) is 0.664. The second-order valence-corrected chi connectivity index (χ2v) is 7.81. The summed E-state index contributed by atoms with van der Waals surface area (Å²) in [6, 6.07) is 4.11. The van der Waals surface area contributed by atoms with Crippen LogP contribution in [-0.2, 0) is 9.84 Å². The highest BCUT2D eigenvalue weighted by Gasteiger charge is 2.32. The highest BCUT2D eigenvalue weighted by molar-refractivity contribution is 7.90. The van der Waals surface area contributed by atoms with E-state index in [0.717, 1.165) is 25.2 Å². The van der Waals surface area contributed by atoms with Gasteiger partial charge in [0, 0.05) is 31.5 Å². The van der Waals surface area contributed by atoms with Crippen molar-refractivity contribution in [2.24, 2.45) is 11.7 Å². The predicted molar refractivity (Wildman–Crippen MR) is 84.8 cm³/mol. The minimum Gasteiger partial charge on any atom is -0.361 e. The molecular formula is C14H21N3O4S. The van der Waals surface area contributed by atoms with Gasteiger partial charge in [0.2, 0.25) is 0 Å². The van der Waals surface area contributed by atoms with Gasteiger partial charge in [-0.2, -0.15) is 0 Å². The summed E-state index contributed by atoms with van der Waals surface area (Å²) >= 11 is 0. The van der Waals surface area contributed by atoms with Gasteiger partial charge in [-0.05, 0) is 30.9 Å². The lowest BCUT2D eigenvalue weighted by atomic mass is 9.90. The summed E-state index contributed by atoms with van der Waals surface area (Å²) in [4.78, 5) is 12.7. The van der Waals surface area contributed by atoms with Crippen molar-refractivity contribution >= 4 is 21.2 Å². The standard InChI is InChI=1S/C14H21N3O4S/c1-10-4-3-7-16(14(10)9-15)12-6-5-11(22(2,20)21)8-13(12)17(18)19/h5-6,8,10,14H,3-4,7,9,15H2,1-2H3. The molecule has 122 valence electrons. The highest BCUT2D eigenvalue weighted by Crippen LogP contribution is 2.36. The lowest BCUT2D eigenvalue weighted by Crippen LogP contribution is -2.49. The zero-order chi connectivity index (χ0) is 16.5. The van der Waals surface area contributed by atoms with Crippen molar-refractivity contribution in [1.29, 1.82) is 0 Å². The first-order valence-electron chi connectivity index (χ1n) is 7.21. The number of nitrogens with two attached hydrogens (primary N) is 1. The molecule has 2 unspecified atom stereocenters. The molecular weight excluding hydrogens is 306 g/mol. The van der Waals surface area contributed by atoms with Gasteiger partial charge in [0.15, 0.2) is 9.84 Å². The van der Waals surface area contributed by atoms with Crippen LogP contribution in [0.1, 0.15) is 19.8 Å². The Bertz CT molecular complexity index is 675. The van der Waals surface area contributed by atoms with E-state index in [-0.39, 0.29) is 16.6 Å². The van der Waals surface area contributed by atoms with Crippen LogP contribution in [0.25, 0.3) is 0 Å². The Labute approximate surface area is 130 Å². The van der Waals surface area contributed by atoms with Crippen LogP contribution in [0.15, 0.2) is 23.1 Å². The summed E-state index contributed by atoms with van der Waals surface area (Å²) in [5.41, 5.74) is 6.10. The van der Waals surface area contributed by atoms with Crippen LogP contribution in [0.3, 0.4) is 0 Å². The van der Waals surface area contributed by atoms with Gasteiger partial charge in [0.1, 0.15) is 5.69 Å². The molecule has 0 amide bonds. The molecule has 1 aliphatic rings. The molecule has 8 heteroatoms. The number of anilines is 1. The molecule has 1 aliphatic heterocycles. The molecule has 7 nitrogen and oxygen atoms in total. The third-order valence-corrected chi connectivity index (χ3v) is 5.35. The Morgan fingerprint density at radius 3 is 2.68 bits per heavy atom. The topological polar surface area (TPSA) is 107 Å². The highest BCUT2D eigenvalue weighted by atomic mass is 32.2. The van der Waals surface area contributed by atoms with Crippen molar-refractivity contribution in [3.63, 3.8) is 0 Å². The Hall–Kier alpha value is -1.67. The van der Waals surface area contributed by atoms with Gasteiger partial charge in [-0.25, -0.2) is 8.42 Å². The molecule has 2 atom stereocenters. The van der Waals surface area contributed by atoms with E-state index in [1.165, 1.54) is 12.1 Å². The number of rotatable bonds is 4. The molecule has 0 radical (unpaired) electrons. The van der Waals surface area contributed by atoms with Crippen LogP contribution >= 0.6 is 0 Å². The number of nitrogens with zero attached hydrogens (tertiary/aromatic N) is 2. The molecule has 0 aliphatic carbocycles. The smallest absolute Gasteiger partial charge is 0.293 e. The maximum atomic E-state index is 11.6. The van der Waals surface area contributed by atoms with Gasteiger partial charge in [-0.1, -0.05) is 6.92 Å². The molecule has 1 saturated heterocycles. The Balaban J connectivity index is 2.52. The third-order valence-electron chi connectivity index (χ3n) is 4.24. The predicted octanol–water partition coefficient (Wildman–Crippen LogP) is 1.56. The van der Waals surface area contributed by atoms with Crippen molar-refractivity contribution in [3.8, 4) is 0 Å². The molecule has 0 aromatic heterocycles. The normalized spacial score (nSPS) is 22.6. The minimum atomic E-state index is -3.48. The molecule has 0 bridgehead atoms. The Morgan fingerprint density at radius 2 is 2.14 bits per heavy atom. The van der Waals surface area contributed by atoms with Gasteiger partial charge < -0.3 is 10.6 Å². The van der Waals surface area contributed by atoms with E-state index in [4.69, 9.17) is 5.73 Å². The fraction of sp³-hybridized carbons (Fsp3) is 0.571. The molecule has 0 saturated carbocycles. The average Bonchev–Trinajstić information content (AvgIpc) is 2.45. The number of hydrogen-bond acceptors (Lipinski definition) is 6. The number of nitro groups is 1. The summed E-state index contributed by atoms with van der Waals surface area (Å²) in [7, 11) is -3.48. The Morgan fingerprint density at radius 1 is 1.45 bits per heavy atom. The largest absolute Gasteiger partial charge is 0.361 e. The third kappa shape index (κ3) is 3.22. The number of piperidine rings is 1. The zero-order valence-electron chi connectivity index (χ0n) is 12.7. The van der Waals surface area contributed by atoms with Gasteiger partial charge in [-0.3, -0.25) is 10.1 Å². The van der Waals surface area contributed by atoms with Crippen LogP contribution in [0.2, 0.25) is 0 Å². The fourth-order valence-corrected chi connectivity index (χ4v) is 3.67. The van der Waals surface area contributed by atoms with E-state index in [9.17, 15) is 18.5 Å².